The number of nitrogens with one attached hydrogen (secondary N) is 2. The third-order valence-corrected chi connectivity index (χ3v) is 5.17. The summed E-state index contributed by atoms with van der Waals surface area (Å²) in [4.78, 5) is 19.9. The Labute approximate surface area is 191 Å². The van der Waals surface area contributed by atoms with Crippen molar-refractivity contribution in [1.29, 1.82) is 0 Å². The molecule has 0 radical (unpaired) electrons. The first-order valence-electron chi connectivity index (χ1n) is 10.4. The second-order valence-corrected chi connectivity index (χ2v) is 7.28. The van der Waals surface area contributed by atoms with Crippen LogP contribution in [-0.2, 0) is 6.54 Å². The molecule has 0 fully saturated rings. The monoisotopic (exact) mass is 441 g/mol. The quantitative estimate of drug-likeness (QED) is 0.272. The predicted octanol–water partition coefficient (Wildman–Crippen LogP) is 5.21. The fraction of sp³-hybridized carbons (Fsp3) is 0.120. The van der Waals surface area contributed by atoms with Crippen molar-refractivity contribution < 1.29 is 9.66 Å². The van der Waals surface area contributed by atoms with Crippen LogP contribution < -0.4 is 15.4 Å². The molecule has 0 atom stereocenters. The average molecular weight is 441 g/mol. The smallest absolute Gasteiger partial charge is 0.353 e. The van der Waals surface area contributed by atoms with Crippen LogP contribution in [0.5, 0.6) is 5.75 Å². The van der Waals surface area contributed by atoms with Crippen molar-refractivity contribution in [2.45, 2.75) is 12.6 Å². The molecular formula is C25H23N5O3. The molecule has 2 N–H and O–H groups in total. The summed E-state index contributed by atoms with van der Waals surface area (Å²) in [6, 6.07) is 26.6. The number of methoxy groups -OCH3 is 1. The van der Waals surface area contributed by atoms with Gasteiger partial charge in [0.05, 0.1) is 18.1 Å². The van der Waals surface area contributed by atoms with Gasteiger partial charge in [-0.05, 0) is 28.8 Å². The Hall–Kier alpha value is -4.46. The van der Waals surface area contributed by atoms with E-state index in [-0.39, 0.29) is 23.4 Å². The molecule has 0 unspecified atom stereocenters. The number of rotatable bonds is 9. The van der Waals surface area contributed by atoms with Crippen molar-refractivity contribution in [2.75, 3.05) is 17.7 Å². The lowest BCUT2D eigenvalue weighted by molar-refractivity contribution is -0.383. The van der Waals surface area contributed by atoms with Crippen LogP contribution in [0.15, 0.2) is 91.3 Å². The van der Waals surface area contributed by atoms with E-state index in [0.29, 0.717) is 6.54 Å². The van der Waals surface area contributed by atoms with E-state index in [0.717, 1.165) is 22.4 Å². The Morgan fingerprint density at radius 1 is 0.879 bits per heavy atom. The van der Waals surface area contributed by atoms with Gasteiger partial charge in [0.15, 0.2) is 0 Å². The van der Waals surface area contributed by atoms with Gasteiger partial charge in [-0.2, -0.15) is 0 Å². The summed E-state index contributed by atoms with van der Waals surface area (Å²) >= 11 is 0. The lowest BCUT2D eigenvalue weighted by atomic mass is 9.99. The number of nitro groups is 1. The fourth-order valence-corrected chi connectivity index (χ4v) is 3.50. The van der Waals surface area contributed by atoms with Gasteiger partial charge < -0.3 is 15.4 Å². The summed E-state index contributed by atoms with van der Waals surface area (Å²) in [6.07, 6.45) is 1.32. The highest BCUT2D eigenvalue weighted by atomic mass is 16.6. The summed E-state index contributed by atoms with van der Waals surface area (Å²) in [5.74, 6) is 1.03. The van der Waals surface area contributed by atoms with E-state index >= 15 is 0 Å². The maximum absolute atomic E-state index is 12.0. The van der Waals surface area contributed by atoms with Crippen molar-refractivity contribution >= 4 is 17.3 Å². The van der Waals surface area contributed by atoms with Crippen LogP contribution in [0.1, 0.15) is 22.7 Å². The fourth-order valence-electron chi connectivity index (χ4n) is 3.50. The van der Waals surface area contributed by atoms with Crippen LogP contribution >= 0.6 is 0 Å². The molecule has 8 heteroatoms. The Kier molecular flexibility index (Phi) is 6.75. The zero-order valence-corrected chi connectivity index (χ0v) is 18.0. The second kappa shape index (κ2) is 10.2. The highest BCUT2D eigenvalue weighted by Gasteiger charge is 2.26. The minimum atomic E-state index is -0.467. The van der Waals surface area contributed by atoms with Crippen LogP contribution in [0, 0.1) is 10.1 Å². The Balaban J connectivity index is 1.64. The summed E-state index contributed by atoms with van der Waals surface area (Å²) in [5.41, 5.74) is 2.65. The van der Waals surface area contributed by atoms with Crippen molar-refractivity contribution in [1.82, 2.24) is 9.97 Å². The van der Waals surface area contributed by atoms with Crippen LogP contribution in [-0.4, -0.2) is 22.0 Å². The molecule has 0 saturated heterocycles. The van der Waals surface area contributed by atoms with E-state index in [9.17, 15) is 10.1 Å². The molecule has 4 aromatic rings. The highest BCUT2D eigenvalue weighted by molar-refractivity contribution is 5.70. The first kappa shape index (κ1) is 21.8. The third-order valence-electron chi connectivity index (χ3n) is 5.17. The topological polar surface area (TPSA) is 102 Å². The number of nitrogens with zero attached hydrogens (tertiary/aromatic N) is 3. The molecule has 1 heterocycles. The summed E-state index contributed by atoms with van der Waals surface area (Å²) in [6.45, 7) is 0.363. The van der Waals surface area contributed by atoms with E-state index in [1.54, 1.807) is 7.11 Å². The van der Waals surface area contributed by atoms with Crippen molar-refractivity contribution in [3.05, 3.63) is 118 Å². The van der Waals surface area contributed by atoms with Gasteiger partial charge in [0.1, 0.15) is 12.1 Å². The van der Waals surface area contributed by atoms with Gasteiger partial charge in [-0.25, -0.2) is 9.97 Å². The number of aromatic nitrogens is 2. The van der Waals surface area contributed by atoms with Crippen molar-refractivity contribution in [3.63, 3.8) is 0 Å². The van der Waals surface area contributed by atoms with Gasteiger partial charge in [-0.3, -0.25) is 10.1 Å². The molecule has 0 aliphatic heterocycles. The van der Waals surface area contributed by atoms with Gasteiger partial charge in [0, 0.05) is 6.54 Å². The standard InChI is InChI=1S/C25H23N5O3/c1-33-21-14-12-18(13-15-21)16-26-24-23(30(31)32)25(28-17-27-24)29-22(19-8-4-2-5-9-19)20-10-6-3-7-11-20/h2-15,17,22H,16H2,1H3,(H2,26,27,28,29). The molecule has 3 aromatic carbocycles. The highest BCUT2D eigenvalue weighted by Crippen LogP contribution is 2.34. The minimum absolute atomic E-state index is 0.143. The SMILES string of the molecule is COc1ccc(CNc2ncnc(NC(c3ccccc3)c3ccccc3)c2[N+](=O)[O-])cc1. The molecule has 0 bridgehead atoms. The third kappa shape index (κ3) is 5.24. The minimum Gasteiger partial charge on any atom is -0.497 e. The number of benzene rings is 3. The largest absolute Gasteiger partial charge is 0.497 e. The van der Waals surface area contributed by atoms with E-state index < -0.39 is 4.92 Å². The summed E-state index contributed by atoms with van der Waals surface area (Å²) < 4.78 is 5.17. The number of anilines is 2. The van der Waals surface area contributed by atoms with Gasteiger partial charge in [0.25, 0.3) is 0 Å². The maximum atomic E-state index is 12.0. The Morgan fingerprint density at radius 2 is 1.45 bits per heavy atom. The molecule has 0 aliphatic carbocycles. The van der Waals surface area contributed by atoms with E-state index in [1.165, 1.54) is 6.33 Å². The number of hydrogen-bond acceptors (Lipinski definition) is 7. The van der Waals surface area contributed by atoms with Crippen LogP contribution in [0.25, 0.3) is 0 Å². The first-order valence-corrected chi connectivity index (χ1v) is 10.4. The lowest BCUT2D eigenvalue weighted by Gasteiger charge is -2.20. The number of hydrogen-bond donors (Lipinski definition) is 2. The van der Waals surface area contributed by atoms with Crippen LogP contribution in [0.3, 0.4) is 0 Å². The van der Waals surface area contributed by atoms with Gasteiger partial charge >= 0.3 is 5.69 Å². The van der Waals surface area contributed by atoms with Crippen molar-refractivity contribution in [2.24, 2.45) is 0 Å². The molecule has 166 valence electrons. The molecule has 0 saturated carbocycles. The zero-order chi connectivity index (χ0) is 23.0. The predicted molar refractivity (Wildman–Crippen MR) is 127 cm³/mol. The summed E-state index contributed by atoms with van der Waals surface area (Å²) in [7, 11) is 1.60. The Morgan fingerprint density at radius 3 is 2.00 bits per heavy atom. The van der Waals surface area contributed by atoms with E-state index in [1.807, 2.05) is 84.9 Å². The van der Waals surface area contributed by atoms with E-state index in [4.69, 9.17) is 4.74 Å². The first-order chi connectivity index (χ1) is 16.2. The average Bonchev–Trinajstić information content (AvgIpc) is 2.87. The molecule has 0 aliphatic rings. The normalized spacial score (nSPS) is 10.6. The van der Waals surface area contributed by atoms with Gasteiger partial charge in [-0.1, -0.05) is 72.8 Å². The molecule has 33 heavy (non-hydrogen) atoms. The molecule has 1 aromatic heterocycles. The van der Waals surface area contributed by atoms with E-state index in [2.05, 4.69) is 20.6 Å². The van der Waals surface area contributed by atoms with Gasteiger partial charge in [-0.15, -0.1) is 0 Å². The Bertz CT molecular complexity index is 1160. The lowest BCUT2D eigenvalue weighted by Crippen LogP contribution is -2.16. The second-order valence-electron chi connectivity index (χ2n) is 7.28. The van der Waals surface area contributed by atoms with Crippen LogP contribution in [0.4, 0.5) is 17.3 Å². The molecule has 4 rings (SSSR count). The number of ether oxygens (including phenoxy) is 1. The van der Waals surface area contributed by atoms with Crippen LogP contribution in [0.2, 0.25) is 0 Å². The molecular weight excluding hydrogens is 418 g/mol. The van der Waals surface area contributed by atoms with Gasteiger partial charge in [0.2, 0.25) is 11.6 Å². The maximum Gasteiger partial charge on any atom is 0.353 e. The molecule has 8 nitrogen and oxygen atoms in total. The zero-order valence-electron chi connectivity index (χ0n) is 18.0. The summed E-state index contributed by atoms with van der Waals surface area (Å²) in [5, 5.41) is 18.4. The van der Waals surface area contributed by atoms with Crippen molar-refractivity contribution in [3.8, 4) is 5.75 Å². The molecule has 0 amide bonds. The molecule has 0 spiro atoms.